The second-order valence-corrected chi connectivity index (χ2v) is 8.66. The van der Waals surface area contributed by atoms with Crippen molar-refractivity contribution in [2.45, 2.75) is 66.0 Å². The van der Waals surface area contributed by atoms with Gasteiger partial charge in [-0.2, -0.15) is 5.10 Å². The van der Waals surface area contributed by atoms with E-state index in [9.17, 15) is 9.59 Å². The summed E-state index contributed by atoms with van der Waals surface area (Å²) in [4.78, 5) is 26.6. The Morgan fingerprint density at radius 1 is 1.31 bits per heavy atom. The number of rotatable bonds is 5. The molecule has 0 aromatic carbocycles. The Morgan fingerprint density at radius 3 is 2.46 bits per heavy atom. The van der Waals surface area contributed by atoms with Gasteiger partial charge in [0.2, 0.25) is 11.8 Å². The van der Waals surface area contributed by atoms with Crippen molar-refractivity contribution in [3.05, 3.63) is 12.3 Å². The van der Waals surface area contributed by atoms with Crippen molar-refractivity contribution in [1.82, 2.24) is 14.7 Å². The molecule has 1 aromatic rings. The van der Waals surface area contributed by atoms with Crippen molar-refractivity contribution in [3.8, 4) is 0 Å². The quantitative estimate of drug-likeness (QED) is 0.840. The van der Waals surface area contributed by atoms with Crippen molar-refractivity contribution in [3.63, 3.8) is 0 Å². The molecule has 2 amide bonds. The molecule has 2 heterocycles. The van der Waals surface area contributed by atoms with E-state index in [0.29, 0.717) is 31.2 Å². The van der Waals surface area contributed by atoms with Crippen LogP contribution in [-0.2, 0) is 9.59 Å². The Bertz CT molecular complexity index is 624. The van der Waals surface area contributed by atoms with Crippen molar-refractivity contribution < 1.29 is 9.59 Å². The van der Waals surface area contributed by atoms with E-state index in [-0.39, 0.29) is 17.9 Å². The number of aromatic nitrogens is 2. The van der Waals surface area contributed by atoms with Gasteiger partial charge in [0.1, 0.15) is 5.82 Å². The largest absolute Gasteiger partial charge is 0.341 e. The summed E-state index contributed by atoms with van der Waals surface area (Å²) in [5.74, 6) is 1.13. The van der Waals surface area contributed by atoms with Crippen LogP contribution in [0.3, 0.4) is 0 Å². The number of nitrogens with one attached hydrogen (secondary N) is 1. The van der Waals surface area contributed by atoms with E-state index in [1.165, 1.54) is 0 Å². The Hall–Kier alpha value is -1.89. The first-order chi connectivity index (χ1) is 12.1. The first kappa shape index (κ1) is 20.4. The lowest BCUT2D eigenvalue weighted by molar-refractivity contribution is -0.134. The minimum atomic E-state index is -0.461. The number of anilines is 1. The van der Waals surface area contributed by atoms with Crippen LogP contribution >= 0.6 is 0 Å². The predicted molar refractivity (Wildman–Crippen MR) is 103 cm³/mol. The van der Waals surface area contributed by atoms with E-state index < -0.39 is 11.5 Å². The molecule has 7 heteroatoms. The topological polar surface area (TPSA) is 93.2 Å². The maximum atomic E-state index is 12.5. The molecule has 0 radical (unpaired) electrons. The molecule has 7 nitrogen and oxygen atoms in total. The van der Waals surface area contributed by atoms with Gasteiger partial charge in [0.25, 0.3) is 0 Å². The van der Waals surface area contributed by atoms with Gasteiger partial charge in [0, 0.05) is 24.6 Å². The molecule has 146 valence electrons. The number of likely N-dealkylation sites (tertiary alicyclic amines) is 1. The molecule has 2 rings (SSSR count). The Kier molecular flexibility index (Phi) is 6.44. The van der Waals surface area contributed by atoms with Crippen LogP contribution in [0.15, 0.2) is 12.3 Å². The molecule has 1 aliphatic rings. The van der Waals surface area contributed by atoms with Crippen LogP contribution in [0, 0.1) is 11.3 Å². The smallest absolute Gasteiger partial charge is 0.239 e. The van der Waals surface area contributed by atoms with Gasteiger partial charge >= 0.3 is 0 Å². The van der Waals surface area contributed by atoms with Crippen LogP contribution in [0.2, 0.25) is 0 Å². The Labute approximate surface area is 156 Å². The maximum absolute atomic E-state index is 12.5. The van der Waals surface area contributed by atoms with Crippen LogP contribution in [-0.4, -0.2) is 45.6 Å². The van der Waals surface area contributed by atoms with Gasteiger partial charge in [-0.15, -0.1) is 0 Å². The van der Waals surface area contributed by atoms with Crippen LogP contribution < -0.4 is 11.1 Å². The second kappa shape index (κ2) is 8.20. The SMILES string of the molecule is CC(C)C[C@H](N)C(=O)N1CCC(n2nccc2NC(=O)C(C)(C)C)CC1. The lowest BCUT2D eigenvalue weighted by Gasteiger charge is -2.34. The third-order valence-electron chi connectivity index (χ3n) is 4.76. The molecule has 1 fully saturated rings. The molecule has 0 bridgehead atoms. The number of nitrogens with zero attached hydrogens (tertiary/aromatic N) is 3. The number of hydrogen-bond donors (Lipinski definition) is 2. The number of nitrogens with two attached hydrogens (primary N) is 1. The van der Waals surface area contributed by atoms with E-state index in [2.05, 4.69) is 24.3 Å². The summed E-state index contributed by atoms with van der Waals surface area (Å²) in [7, 11) is 0. The van der Waals surface area contributed by atoms with E-state index in [4.69, 9.17) is 5.73 Å². The molecule has 1 atom stereocenters. The van der Waals surface area contributed by atoms with Crippen molar-refractivity contribution in [1.29, 1.82) is 0 Å². The van der Waals surface area contributed by atoms with Gasteiger partial charge in [-0.1, -0.05) is 34.6 Å². The summed E-state index contributed by atoms with van der Waals surface area (Å²) in [6.45, 7) is 11.1. The lowest BCUT2D eigenvalue weighted by atomic mass is 9.96. The fraction of sp³-hybridized carbons (Fsp3) is 0.737. The van der Waals surface area contributed by atoms with E-state index in [1.54, 1.807) is 6.20 Å². The molecule has 0 saturated carbocycles. The number of hydrogen-bond acceptors (Lipinski definition) is 4. The third-order valence-corrected chi connectivity index (χ3v) is 4.76. The summed E-state index contributed by atoms with van der Waals surface area (Å²) < 4.78 is 1.87. The highest BCUT2D eigenvalue weighted by Gasteiger charge is 2.29. The molecule has 0 spiro atoms. The summed E-state index contributed by atoms with van der Waals surface area (Å²) >= 11 is 0. The number of carbonyl (C=O) groups is 2. The normalized spacial score (nSPS) is 17.4. The fourth-order valence-corrected chi connectivity index (χ4v) is 3.18. The Morgan fingerprint density at radius 2 is 1.92 bits per heavy atom. The summed E-state index contributed by atoms with van der Waals surface area (Å²) in [6.07, 6.45) is 4.02. The molecule has 1 aliphatic heterocycles. The first-order valence-electron chi connectivity index (χ1n) is 9.49. The highest BCUT2D eigenvalue weighted by molar-refractivity contribution is 5.93. The summed E-state index contributed by atoms with van der Waals surface area (Å²) in [5, 5.41) is 7.36. The lowest BCUT2D eigenvalue weighted by Crippen LogP contribution is -2.47. The van der Waals surface area contributed by atoms with E-state index in [0.717, 1.165) is 12.8 Å². The van der Waals surface area contributed by atoms with Crippen LogP contribution in [0.1, 0.15) is 59.9 Å². The van der Waals surface area contributed by atoms with Gasteiger partial charge in [0.05, 0.1) is 18.3 Å². The minimum absolute atomic E-state index is 0.0356. The van der Waals surface area contributed by atoms with Crippen LogP contribution in [0.4, 0.5) is 5.82 Å². The molecule has 0 unspecified atom stereocenters. The monoisotopic (exact) mass is 363 g/mol. The van der Waals surface area contributed by atoms with Gasteiger partial charge in [-0.3, -0.25) is 9.59 Å². The van der Waals surface area contributed by atoms with Gasteiger partial charge in [-0.05, 0) is 25.2 Å². The van der Waals surface area contributed by atoms with Crippen LogP contribution in [0.25, 0.3) is 0 Å². The van der Waals surface area contributed by atoms with Crippen molar-refractivity contribution in [2.24, 2.45) is 17.1 Å². The zero-order valence-electron chi connectivity index (χ0n) is 16.7. The third kappa shape index (κ3) is 5.06. The summed E-state index contributed by atoms with van der Waals surface area (Å²) in [6, 6.07) is 1.57. The number of piperidine rings is 1. The minimum Gasteiger partial charge on any atom is -0.341 e. The van der Waals surface area contributed by atoms with E-state index >= 15 is 0 Å². The Balaban J connectivity index is 1.96. The molecular weight excluding hydrogens is 330 g/mol. The van der Waals surface area contributed by atoms with Crippen molar-refractivity contribution >= 4 is 17.6 Å². The zero-order chi connectivity index (χ0) is 19.5. The van der Waals surface area contributed by atoms with E-state index in [1.807, 2.05) is 36.4 Å². The fourth-order valence-electron chi connectivity index (χ4n) is 3.18. The van der Waals surface area contributed by atoms with Gasteiger partial charge in [0.15, 0.2) is 0 Å². The molecule has 1 aromatic heterocycles. The average Bonchev–Trinajstić information content (AvgIpc) is 3.01. The predicted octanol–water partition coefficient (Wildman–Crippen LogP) is 2.40. The highest BCUT2D eigenvalue weighted by atomic mass is 16.2. The zero-order valence-corrected chi connectivity index (χ0v) is 16.7. The number of amides is 2. The standard InChI is InChI=1S/C19H33N5O2/c1-13(2)12-15(20)17(25)23-10-7-14(8-11-23)24-16(6-9-21-24)22-18(26)19(3,4)5/h6,9,13-15H,7-8,10-12,20H2,1-5H3,(H,22,26)/t15-/m0/s1. The molecule has 0 aliphatic carbocycles. The maximum Gasteiger partial charge on any atom is 0.239 e. The molecule has 26 heavy (non-hydrogen) atoms. The van der Waals surface area contributed by atoms with Gasteiger partial charge in [-0.25, -0.2) is 4.68 Å². The average molecular weight is 364 g/mol. The highest BCUT2D eigenvalue weighted by Crippen LogP contribution is 2.27. The van der Waals surface area contributed by atoms with Crippen LogP contribution in [0.5, 0.6) is 0 Å². The van der Waals surface area contributed by atoms with Crippen molar-refractivity contribution in [2.75, 3.05) is 18.4 Å². The number of carbonyl (C=O) groups excluding carboxylic acids is 2. The molecule has 1 saturated heterocycles. The molecule has 3 N–H and O–H groups in total. The molecular formula is C19H33N5O2. The second-order valence-electron chi connectivity index (χ2n) is 8.66. The first-order valence-corrected chi connectivity index (χ1v) is 9.49. The summed E-state index contributed by atoms with van der Waals surface area (Å²) in [5.41, 5.74) is 5.58. The van der Waals surface area contributed by atoms with Gasteiger partial charge < -0.3 is 16.0 Å².